The maximum absolute atomic E-state index is 12.6. The standard InChI is InChI=1S/C23H22O3/c1-3-25-22(24)21-16(2)26-23(19-12-8-5-9-13-19)15-18(14-20(21)23)17-10-6-4-7-11-17/h4-13,15,20H,3,14H2,1-2H3/t20-,23+/m0/s1. The van der Waals surface area contributed by atoms with Crippen molar-refractivity contribution in [3.8, 4) is 0 Å². The Morgan fingerprint density at radius 3 is 2.42 bits per heavy atom. The summed E-state index contributed by atoms with van der Waals surface area (Å²) in [5, 5.41) is 0. The number of rotatable bonds is 4. The molecule has 0 radical (unpaired) electrons. The Hall–Kier alpha value is -2.81. The Balaban J connectivity index is 1.81. The molecule has 3 nitrogen and oxygen atoms in total. The second kappa shape index (κ2) is 6.49. The topological polar surface area (TPSA) is 35.5 Å². The number of ether oxygens (including phenoxy) is 2. The predicted molar refractivity (Wildman–Crippen MR) is 101 cm³/mol. The van der Waals surface area contributed by atoms with E-state index < -0.39 is 5.60 Å². The van der Waals surface area contributed by atoms with Crippen molar-refractivity contribution in [1.82, 2.24) is 0 Å². The molecule has 0 amide bonds. The van der Waals surface area contributed by atoms with E-state index in [0.29, 0.717) is 17.9 Å². The summed E-state index contributed by atoms with van der Waals surface area (Å²) in [5.74, 6) is 0.329. The third-order valence-corrected chi connectivity index (χ3v) is 5.24. The molecule has 3 heteroatoms. The SMILES string of the molecule is CCOC(=O)C1=C(C)O[C@@]2(c3ccccc3)C=C(c3ccccc3)C[C@@H]12. The predicted octanol–water partition coefficient (Wildman–Crippen LogP) is 4.85. The first kappa shape index (κ1) is 16.6. The van der Waals surface area contributed by atoms with Gasteiger partial charge < -0.3 is 9.47 Å². The molecule has 0 saturated carbocycles. The summed E-state index contributed by atoms with van der Waals surface area (Å²) < 4.78 is 11.7. The Kier molecular flexibility index (Phi) is 4.15. The first-order chi connectivity index (χ1) is 12.7. The fourth-order valence-electron chi connectivity index (χ4n) is 4.15. The van der Waals surface area contributed by atoms with Crippen molar-refractivity contribution >= 4 is 11.5 Å². The molecular weight excluding hydrogens is 324 g/mol. The van der Waals surface area contributed by atoms with Crippen LogP contribution >= 0.6 is 0 Å². The van der Waals surface area contributed by atoms with Crippen LogP contribution in [0.15, 0.2) is 78.1 Å². The summed E-state index contributed by atoms with van der Waals surface area (Å²) in [4.78, 5) is 12.6. The molecular formula is C23H22O3. The molecule has 2 aromatic rings. The molecule has 0 saturated heterocycles. The number of hydrogen-bond acceptors (Lipinski definition) is 3. The van der Waals surface area contributed by atoms with Crippen molar-refractivity contribution in [2.75, 3.05) is 6.61 Å². The molecule has 0 bridgehead atoms. The molecule has 0 spiro atoms. The van der Waals surface area contributed by atoms with Crippen molar-refractivity contribution < 1.29 is 14.3 Å². The highest BCUT2D eigenvalue weighted by atomic mass is 16.5. The van der Waals surface area contributed by atoms with Gasteiger partial charge in [0.05, 0.1) is 12.2 Å². The van der Waals surface area contributed by atoms with Gasteiger partial charge >= 0.3 is 5.97 Å². The molecule has 0 aromatic heterocycles. The normalized spacial score (nSPS) is 24.1. The highest BCUT2D eigenvalue weighted by Gasteiger charge is 2.54. The molecule has 1 aliphatic carbocycles. The van der Waals surface area contributed by atoms with Gasteiger partial charge in [-0.3, -0.25) is 0 Å². The summed E-state index contributed by atoms with van der Waals surface area (Å²) in [7, 11) is 0. The van der Waals surface area contributed by atoms with Gasteiger partial charge in [0.25, 0.3) is 0 Å². The van der Waals surface area contributed by atoms with Crippen molar-refractivity contribution in [2.45, 2.75) is 25.9 Å². The summed E-state index contributed by atoms with van der Waals surface area (Å²) in [6.07, 6.45) is 2.95. The summed E-state index contributed by atoms with van der Waals surface area (Å²) in [6.45, 7) is 4.06. The second-order valence-corrected chi connectivity index (χ2v) is 6.74. The molecule has 132 valence electrons. The molecule has 0 N–H and O–H groups in total. The third-order valence-electron chi connectivity index (χ3n) is 5.24. The highest BCUT2D eigenvalue weighted by Crippen LogP contribution is 2.56. The van der Waals surface area contributed by atoms with E-state index in [-0.39, 0.29) is 11.9 Å². The first-order valence-corrected chi connectivity index (χ1v) is 9.05. The van der Waals surface area contributed by atoms with E-state index in [0.717, 1.165) is 12.0 Å². The van der Waals surface area contributed by atoms with Gasteiger partial charge in [0.1, 0.15) is 5.76 Å². The van der Waals surface area contributed by atoms with Crippen LogP contribution in [0.25, 0.3) is 5.57 Å². The lowest BCUT2D eigenvalue weighted by molar-refractivity contribution is -0.139. The fourth-order valence-corrected chi connectivity index (χ4v) is 4.15. The molecule has 2 atom stereocenters. The number of carbonyl (C=O) groups is 1. The molecule has 2 aromatic carbocycles. The lowest BCUT2D eigenvalue weighted by Gasteiger charge is -2.29. The lowest BCUT2D eigenvalue weighted by atomic mass is 9.81. The van der Waals surface area contributed by atoms with E-state index in [4.69, 9.17) is 9.47 Å². The zero-order valence-corrected chi connectivity index (χ0v) is 15.1. The smallest absolute Gasteiger partial charge is 0.337 e. The average molecular weight is 346 g/mol. The quantitative estimate of drug-likeness (QED) is 0.742. The molecule has 26 heavy (non-hydrogen) atoms. The van der Waals surface area contributed by atoms with Crippen LogP contribution in [0, 0.1) is 5.92 Å². The van der Waals surface area contributed by atoms with Crippen LogP contribution in [-0.4, -0.2) is 12.6 Å². The van der Waals surface area contributed by atoms with E-state index in [1.54, 1.807) is 0 Å². The monoisotopic (exact) mass is 346 g/mol. The van der Waals surface area contributed by atoms with Gasteiger partial charge in [-0.1, -0.05) is 60.7 Å². The Labute approximate surface area is 154 Å². The van der Waals surface area contributed by atoms with Crippen molar-refractivity contribution in [2.24, 2.45) is 5.92 Å². The molecule has 1 heterocycles. The van der Waals surface area contributed by atoms with E-state index in [2.05, 4.69) is 30.3 Å². The Morgan fingerprint density at radius 1 is 1.12 bits per heavy atom. The summed E-state index contributed by atoms with van der Waals surface area (Å²) in [5.41, 5.74) is 3.46. The minimum Gasteiger partial charge on any atom is -0.482 e. The maximum Gasteiger partial charge on any atom is 0.337 e. The van der Waals surface area contributed by atoms with E-state index in [9.17, 15) is 4.79 Å². The van der Waals surface area contributed by atoms with Gasteiger partial charge in [0.15, 0.2) is 5.60 Å². The van der Waals surface area contributed by atoms with Crippen molar-refractivity contribution in [1.29, 1.82) is 0 Å². The lowest BCUT2D eigenvalue weighted by Crippen LogP contribution is -2.30. The Morgan fingerprint density at radius 2 is 1.77 bits per heavy atom. The largest absolute Gasteiger partial charge is 0.482 e. The van der Waals surface area contributed by atoms with Gasteiger partial charge in [-0.25, -0.2) is 4.79 Å². The number of benzene rings is 2. The number of allylic oxidation sites excluding steroid dienone is 2. The van der Waals surface area contributed by atoms with Gasteiger partial charge in [-0.05, 0) is 43.0 Å². The van der Waals surface area contributed by atoms with Crippen LogP contribution in [0.4, 0.5) is 0 Å². The van der Waals surface area contributed by atoms with Gasteiger partial charge in [-0.15, -0.1) is 0 Å². The zero-order chi connectivity index (χ0) is 18.1. The van der Waals surface area contributed by atoms with Crippen molar-refractivity contribution in [3.63, 3.8) is 0 Å². The maximum atomic E-state index is 12.6. The molecule has 0 fully saturated rings. The van der Waals surface area contributed by atoms with Crippen LogP contribution in [-0.2, 0) is 19.9 Å². The first-order valence-electron chi connectivity index (χ1n) is 9.05. The van der Waals surface area contributed by atoms with E-state index in [1.807, 2.05) is 50.2 Å². The minimum atomic E-state index is -0.640. The molecule has 2 aliphatic rings. The number of fused-ring (bicyclic) bond motifs is 1. The number of carbonyl (C=O) groups excluding carboxylic acids is 1. The van der Waals surface area contributed by atoms with Crippen molar-refractivity contribution in [3.05, 3.63) is 89.2 Å². The third kappa shape index (κ3) is 2.55. The number of esters is 1. The van der Waals surface area contributed by atoms with Gasteiger partial charge in [0.2, 0.25) is 0 Å². The highest BCUT2D eigenvalue weighted by molar-refractivity contribution is 5.92. The summed E-state index contributed by atoms with van der Waals surface area (Å²) >= 11 is 0. The van der Waals surface area contributed by atoms with E-state index in [1.165, 1.54) is 11.1 Å². The minimum absolute atomic E-state index is 0.0702. The van der Waals surface area contributed by atoms with Gasteiger partial charge in [0, 0.05) is 5.92 Å². The molecule has 4 rings (SSSR count). The Bertz CT molecular complexity index is 880. The second-order valence-electron chi connectivity index (χ2n) is 6.74. The van der Waals surface area contributed by atoms with Crippen LogP contribution in [0.2, 0.25) is 0 Å². The van der Waals surface area contributed by atoms with Crippen LogP contribution in [0.3, 0.4) is 0 Å². The average Bonchev–Trinajstić information content (AvgIpc) is 3.16. The number of hydrogen-bond donors (Lipinski definition) is 0. The fraction of sp³-hybridized carbons (Fsp3) is 0.261. The van der Waals surface area contributed by atoms with E-state index >= 15 is 0 Å². The van der Waals surface area contributed by atoms with Crippen LogP contribution < -0.4 is 0 Å². The molecule has 0 unspecified atom stereocenters. The summed E-state index contributed by atoms with van der Waals surface area (Å²) in [6, 6.07) is 20.4. The van der Waals surface area contributed by atoms with Crippen LogP contribution in [0.1, 0.15) is 31.4 Å². The van der Waals surface area contributed by atoms with Crippen LogP contribution in [0.5, 0.6) is 0 Å². The molecule has 1 aliphatic heterocycles. The zero-order valence-electron chi connectivity index (χ0n) is 15.1. The van der Waals surface area contributed by atoms with Gasteiger partial charge in [-0.2, -0.15) is 0 Å².